The minimum atomic E-state index is -0.534. The molecule has 0 saturated heterocycles. The number of fused-ring (bicyclic) bond motifs is 1. The number of benzene rings is 1. The molecule has 0 bridgehead atoms. The van der Waals surface area contributed by atoms with Gasteiger partial charge in [-0.3, -0.25) is 14.4 Å². The zero-order chi connectivity index (χ0) is 17.1. The third kappa shape index (κ3) is 3.64. The fourth-order valence-electron chi connectivity index (χ4n) is 2.88. The Kier molecular flexibility index (Phi) is 4.64. The Labute approximate surface area is 140 Å². The second-order valence-corrected chi connectivity index (χ2v) is 6.22. The summed E-state index contributed by atoms with van der Waals surface area (Å²) in [6, 6.07) is 7.53. The first kappa shape index (κ1) is 16.2. The quantitative estimate of drug-likeness (QED) is 0.774. The third-order valence-electron chi connectivity index (χ3n) is 4.39. The monoisotopic (exact) mass is 327 g/mol. The Hall–Kier alpha value is -2.63. The third-order valence-corrected chi connectivity index (χ3v) is 4.39. The molecule has 0 aromatic heterocycles. The molecular formula is C18H21N3O3. The summed E-state index contributed by atoms with van der Waals surface area (Å²) in [7, 11) is 0. The van der Waals surface area contributed by atoms with Crippen molar-refractivity contribution in [1.82, 2.24) is 15.5 Å². The van der Waals surface area contributed by atoms with Crippen molar-refractivity contribution in [3.8, 4) is 0 Å². The largest absolute Gasteiger partial charge is 0.352 e. The first-order chi connectivity index (χ1) is 11.6. The molecule has 6 nitrogen and oxygen atoms in total. The average molecular weight is 327 g/mol. The molecule has 1 aromatic rings. The molecule has 1 fully saturated rings. The normalized spacial score (nSPS) is 19.2. The lowest BCUT2D eigenvalue weighted by atomic mass is 9.93. The van der Waals surface area contributed by atoms with Crippen LogP contribution in [-0.4, -0.2) is 41.2 Å². The van der Waals surface area contributed by atoms with Crippen LogP contribution in [0, 0.1) is 0 Å². The molecule has 126 valence electrons. The van der Waals surface area contributed by atoms with Crippen molar-refractivity contribution in [2.45, 2.75) is 37.9 Å². The van der Waals surface area contributed by atoms with E-state index in [0.717, 1.165) is 30.0 Å². The van der Waals surface area contributed by atoms with Crippen molar-refractivity contribution in [2.75, 3.05) is 6.54 Å². The second kappa shape index (κ2) is 6.86. The van der Waals surface area contributed by atoms with E-state index in [0.29, 0.717) is 13.0 Å². The van der Waals surface area contributed by atoms with Crippen molar-refractivity contribution in [2.24, 2.45) is 0 Å². The van der Waals surface area contributed by atoms with E-state index in [1.807, 2.05) is 24.3 Å². The summed E-state index contributed by atoms with van der Waals surface area (Å²) in [6.45, 7) is 3.60. The zero-order valence-corrected chi connectivity index (χ0v) is 13.5. The van der Waals surface area contributed by atoms with E-state index in [4.69, 9.17) is 0 Å². The van der Waals surface area contributed by atoms with E-state index < -0.39 is 11.9 Å². The number of rotatable bonds is 5. The van der Waals surface area contributed by atoms with Crippen LogP contribution in [0.15, 0.2) is 36.9 Å². The molecule has 1 aliphatic carbocycles. The van der Waals surface area contributed by atoms with Gasteiger partial charge < -0.3 is 15.5 Å². The Balaban J connectivity index is 1.76. The average Bonchev–Trinajstić information content (AvgIpc) is 3.42. The predicted octanol–water partition coefficient (Wildman–Crippen LogP) is 0.521. The Morgan fingerprint density at radius 1 is 1.21 bits per heavy atom. The summed E-state index contributed by atoms with van der Waals surface area (Å²) in [6.07, 6.45) is 3.61. The van der Waals surface area contributed by atoms with Crippen molar-refractivity contribution in [1.29, 1.82) is 0 Å². The maximum atomic E-state index is 12.6. The highest BCUT2D eigenvalue weighted by Gasteiger charge is 2.36. The molecule has 1 saturated carbocycles. The fraction of sp³-hybridized carbons (Fsp3) is 0.389. The van der Waals surface area contributed by atoms with Gasteiger partial charge in [0.25, 0.3) is 0 Å². The molecule has 3 amide bonds. The molecule has 0 spiro atoms. The van der Waals surface area contributed by atoms with E-state index >= 15 is 0 Å². The first-order valence-corrected chi connectivity index (χ1v) is 8.15. The molecule has 1 heterocycles. The predicted molar refractivity (Wildman–Crippen MR) is 88.9 cm³/mol. The lowest BCUT2D eigenvalue weighted by molar-refractivity contribution is -0.141. The number of amides is 3. The maximum Gasteiger partial charge on any atom is 0.243 e. The van der Waals surface area contributed by atoms with E-state index in [1.165, 1.54) is 0 Å². The van der Waals surface area contributed by atoms with Crippen molar-refractivity contribution in [3.63, 3.8) is 0 Å². The van der Waals surface area contributed by atoms with Gasteiger partial charge in [-0.15, -0.1) is 0 Å². The smallest absolute Gasteiger partial charge is 0.243 e. The molecule has 24 heavy (non-hydrogen) atoms. The molecule has 1 aliphatic heterocycles. The summed E-state index contributed by atoms with van der Waals surface area (Å²) in [5.74, 6) is -0.786. The maximum absolute atomic E-state index is 12.6. The van der Waals surface area contributed by atoms with Gasteiger partial charge in [-0.05, 0) is 30.0 Å². The highest BCUT2D eigenvalue weighted by molar-refractivity contribution is 5.93. The molecule has 1 atom stereocenters. The van der Waals surface area contributed by atoms with Gasteiger partial charge in [0.2, 0.25) is 17.7 Å². The van der Waals surface area contributed by atoms with Crippen LogP contribution in [0.25, 0.3) is 0 Å². The highest BCUT2D eigenvalue weighted by Crippen LogP contribution is 2.25. The summed E-state index contributed by atoms with van der Waals surface area (Å²) >= 11 is 0. The van der Waals surface area contributed by atoms with Crippen LogP contribution in [-0.2, 0) is 27.3 Å². The number of nitrogens with one attached hydrogen (secondary N) is 2. The van der Waals surface area contributed by atoms with Gasteiger partial charge in [0.05, 0.1) is 6.54 Å². The minimum Gasteiger partial charge on any atom is -0.352 e. The fourth-order valence-corrected chi connectivity index (χ4v) is 2.88. The SMILES string of the molecule is C=CC(=O)NCC(=O)N1Cc2ccccc2C[C@H]1C(=O)NC1CC1. The lowest BCUT2D eigenvalue weighted by Gasteiger charge is -2.36. The van der Waals surface area contributed by atoms with Crippen LogP contribution < -0.4 is 10.6 Å². The molecule has 2 aliphatic rings. The first-order valence-electron chi connectivity index (χ1n) is 8.15. The van der Waals surface area contributed by atoms with E-state index in [1.54, 1.807) is 4.90 Å². The molecule has 0 unspecified atom stereocenters. The number of carbonyl (C=O) groups is 3. The summed E-state index contributed by atoms with van der Waals surface area (Å²) in [5, 5.41) is 5.47. The highest BCUT2D eigenvalue weighted by atomic mass is 16.2. The zero-order valence-electron chi connectivity index (χ0n) is 13.5. The van der Waals surface area contributed by atoms with Crippen LogP contribution in [0.3, 0.4) is 0 Å². The summed E-state index contributed by atoms with van der Waals surface area (Å²) in [4.78, 5) is 37.9. The number of carbonyl (C=O) groups excluding carboxylic acids is 3. The molecular weight excluding hydrogens is 306 g/mol. The van der Waals surface area contributed by atoms with Gasteiger partial charge in [0.1, 0.15) is 6.04 Å². The number of nitrogens with zero attached hydrogens (tertiary/aromatic N) is 1. The Morgan fingerprint density at radius 2 is 1.92 bits per heavy atom. The topological polar surface area (TPSA) is 78.5 Å². The van der Waals surface area contributed by atoms with Crippen LogP contribution in [0.5, 0.6) is 0 Å². The second-order valence-electron chi connectivity index (χ2n) is 6.22. The Morgan fingerprint density at radius 3 is 2.58 bits per heavy atom. The lowest BCUT2D eigenvalue weighted by Crippen LogP contribution is -2.54. The molecule has 1 aromatic carbocycles. The summed E-state index contributed by atoms with van der Waals surface area (Å²) < 4.78 is 0. The summed E-state index contributed by atoms with van der Waals surface area (Å²) in [5.41, 5.74) is 2.13. The van der Waals surface area contributed by atoms with Crippen LogP contribution in [0.2, 0.25) is 0 Å². The number of hydrogen-bond acceptors (Lipinski definition) is 3. The van der Waals surface area contributed by atoms with E-state index in [2.05, 4.69) is 17.2 Å². The van der Waals surface area contributed by atoms with Gasteiger partial charge in [0, 0.05) is 19.0 Å². The van der Waals surface area contributed by atoms with Crippen molar-refractivity contribution < 1.29 is 14.4 Å². The van der Waals surface area contributed by atoms with Gasteiger partial charge >= 0.3 is 0 Å². The Bertz CT molecular complexity index is 682. The van der Waals surface area contributed by atoms with Gasteiger partial charge in [-0.1, -0.05) is 30.8 Å². The van der Waals surface area contributed by atoms with E-state index in [9.17, 15) is 14.4 Å². The van der Waals surface area contributed by atoms with Crippen LogP contribution in [0.1, 0.15) is 24.0 Å². The van der Waals surface area contributed by atoms with Crippen LogP contribution >= 0.6 is 0 Å². The van der Waals surface area contributed by atoms with Gasteiger partial charge in [-0.25, -0.2) is 0 Å². The standard InChI is InChI=1S/C18H21N3O3/c1-2-16(22)19-10-17(23)21-11-13-6-4-3-5-12(13)9-15(21)18(24)20-14-7-8-14/h2-6,14-15H,1,7-11H2,(H,19,22)(H,20,24)/t15-/m0/s1. The van der Waals surface area contributed by atoms with E-state index in [-0.39, 0.29) is 24.4 Å². The molecule has 3 rings (SSSR count). The van der Waals surface area contributed by atoms with Crippen molar-refractivity contribution in [3.05, 3.63) is 48.0 Å². The van der Waals surface area contributed by atoms with Crippen LogP contribution in [0.4, 0.5) is 0 Å². The molecule has 0 radical (unpaired) electrons. The van der Waals surface area contributed by atoms with Gasteiger partial charge in [0.15, 0.2) is 0 Å². The van der Waals surface area contributed by atoms with Crippen molar-refractivity contribution >= 4 is 17.7 Å². The number of hydrogen-bond donors (Lipinski definition) is 2. The molecule has 6 heteroatoms. The minimum absolute atomic E-state index is 0.115. The molecule has 2 N–H and O–H groups in total. The van der Waals surface area contributed by atoms with Gasteiger partial charge in [-0.2, -0.15) is 0 Å².